The molecule has 0 unspecified atom stereocenters. The molecule has 1 saturated carbocycles. The van der Waals surface area contributed by atoms with Crippen molar-refractivity contribution in [1.82, 2.24) is 5.32 Å². The maximum Gasteiger partial charge on any atom is 0.117 e. The van der Waals surface area contributed by atoms with Crippen molar-refractivity contribution in [2.24, 2.45) is 0 Å². The summed E-state index contributed by atoms with van der Waals surface area (Å²) >= 11 is 0. The van der Waals surface area contributed by atoms with E-state index in [4.69, 9.17) is 4.42 Å². The third-order valence-corrected chi connectivity index (χ3v) is 3.45. The van der Waals surface area contributed by atoms with E-state index in [0.717, 1.165) is 30.5 Å². The third-order valence-electron chi connectivity index (χ3n) is 3.45. The highest BCUT2D eigenvalue weighted by Gasteiger charge is 2.22. The smallest absolute Gasteiger partial charge is 0.117 e. The first-order valence-corrected chi connectivity index (χ1v) is 6.66. The Hall–Kier alpha value is -1.54. The van der Waals surface area contributed by atoms with Crippen LogP contribution in [0.1, 0.15) is 41.4 Å². The van der Waals surface area contributed by atoms with Gasteiger partial charge in [0.2, 0.25) is 0 Å². The summed E-state index contributed by atoms with van der Waals surface area (Å²) in [6, 6.07) is 13.0. The van der Waals surface area contributed by atoms with E-state index < -0.39 is 0 Å². The lowest BCUT2D eigenvalue weighted by atomic mass is 10.1. The minimum absolute atomic E-state index is 0.790. The van der Waals surface area contributed by atoms with Gasteiger partial charge in [-0.2, -0.15) is 0 Å². The van der Waals surface area contributed by atoms with E-state index in [2.05, 4.69) is 29.6 Å². The van der Waals surface area contributed by atoms with Crippen molar-refractivity contribution in [2.45, 2.75) is 38.8 Å². The molecule has 3 rings (SSSR count). The number of nitrogens with one attached hydrogen (secondary N) is 1. The maximum atomic E-state index is 5.52. The fourth-order valence-electron chi connectivity index (χ4n) is 2.23. The molecule has 1 aromatic carbocycles. The number of furan rings is 1. The van der Waals surface area contributed by atoms with Crippen LogP contribution >= 0.6 is 0 Å². The van der Waals surface area contributed by atoms with Gasteiger partial charge in [-0.15, -0.1) is 0 Å². The van der Waals surface area contributed by atoms with Crippen LogP contribution in [0.25, 0.3) is 0 Å². The van der Waals surface area contributed by atoms with Crippen LogP contribution in [0.2, 0.25) is 0 Å². The standard InChI is InChI=1S/C16H19NO/c1-12-2-9-16(18-12)11-17-10-13-3-5-14(6-4-13)15-7-8-15/h2-6,9,15,17H,7-8,10-11H2,1H3. The summed E-state index contributed by atoms with van der Waals surface area (Å²) in [6.45, 7) is 3.66. The number of aryl methyl sites for hydroxylation is 1. The topological polar surface area (TPSA) is 25.2 Å². The molecular weight excluding hydrogens is 222 g/mol. The fraction of sp³-hybridized carbons (Fsp3) is 0.375. The average Bonchev–Trinajstić information content (AvgIpc) is 3.15. The van der Waals surface area contributed by atoms with Gasteiger partial charge >= 0.3 is 0 Å². The minimum Gasteiger partial charge on any atom is -0.465 e. The Morgan fingerprint density at radius 1 is 1.06 bits per heavy atom. The lowest BCUT2D eigenvalue weighted by Gasteiger charge is -2.04. The van der Waals surface area contributed by atoms with E-state index in [1.807, 2.05) is 19.1 Å². The van der Waals surface area contributed by atoms with Crippen molar-refractivity contribution in [1.29, 1.82) is 0 Å². The summed E-state index contributed by atoms with van der Waals surface area (Å²) in [6.07, 6.45) is 2.74. The minimum atomic E-state index is 0.790. The highest BCUT2D eigenvalue weighted by Crippen LogP contribution is 2.39. The Kier molecular flexibility index (Phi) is 3.20. The molecule has 1 heterocycles. The molecular formula is C16H19NO. The van der Waals surface area contributed by atoms with Crippen LogP contribution in [0.4, 0.5) is 0 Å². The second kappa shape index (κ2) is 4.99. The molecule has 0 bridgehead atoms. The molecule has 1 N–H and O–H groups in total. The Morgan fingerprint density at radius 2 is 1.83 bits per heavy atom. The van der Waals surface area contributed by atoms with E-state index in [1.165, 1.54) is 24.0 Å². The molecule has 1 aromatic heterocycles. The largest absolute Gasteiger partial charge is 0.465 e. The van der Waals surface area contributed by atoms with Crippen molar-refractivity contribution in [3.05, 3.63) is 59.0 Å². The molecule has 2 nitrogen and oxygen atoms in total. The summed E-state index contributed by atoms with van der Waals surface area (Å²) in [5, 5.41) is 3.40. The third kappa shape index (κ3) is 2.82. The predicted octanol–water partition coefficient (Wildman–Crippen LogP) is 3.76. The van der Waals surface area contributed by atoms with Crippen molar-refractivity contribution in [2.75, 3.05) is 0 Å². The summed E-state index contributed by atoms with van der Waals surface area (Å²) in [4.78, 5) is 0. The van der Waals surface area contributed by atoms with Crippen molar-refractivity contribution >= 4 is 0 Å². The second-order valence-corrected chi connectivity index (χ2v) is 5.13. The van der Waals surface area contributed by atoms with Crippen LogP contribution in [-0.4, -0.2) is 0 Å². The van der Waals surface area contributed by atoms with Gasteiger partial charge in [-0.1, -0.05) is 24.3 Å². The molecule has 0 amide bonds. The molecule has 1 fully saturated rings. The fourth-order valence-corrected chi connectivity index (χ4v) is 2.23. The Balaban J connectivity index is 1.50. The molecule has 0 atom stereocenters. The van der Waals surface area contributed by atoms with E-state index in [-0.39, 0.29) is 0 Å². The van der Waals surface area contributed by atoms with Gasteiger partial charge in [-0.3, -0.25) is 0 Å². The van der Waals surface area contributed by atoms with Gasteiger partial charge in [0.15, 0.2) is 0 Å². The van der Waals surface area contributed by atoms with Crippen LogP contribution in [0.3, 0.4) is 0 Å². The van der Waals surface area contributed by atoms with E-state index in [9.17, 15) is 0 Å². The molecule has 94 valence electrons. The van der Waals surface area contributed by atoms with Crippen LogP contribution in [-0.2, 0) is 13.1 Å². The molecule has 0 aliphatic heterocycles. The number of benzene rings is 1. The maximum absolute atomic E-state index is 5.52. The normalized spacial score (nSPS) is 14.9. The zero-order valence-corrected chi connectivity index (χ0v) is 10.8. The van der Waals surface area contributed by atoms with Crippen LogP contribution < -0.4 is 5.32 Å². The molecule has 1 aliphatic rings. The van der Waals surface area contributed by atoms with Crippen LogP contribution in [0.5, 0.6) is 0 Å². The van der Waals surface area contributed by atoms with Gasteiger partial charge in [0.25, 0.3) is 0 Å². The molecule has 0 saturated heterocycles. The van der Waals surface area contributed by atoms with E-state index in [0.29, 0.717) is 0 Å². The molecule has 18 heavy (non-hydrogen) atoms. The zero-order chi connectivity index (χ0) is 12.4. The number of rotatable bonds is 5. The average molecular weight is 241 g/mol. The number of hydrogen-bond acceptors (Lipinski definition) is 2. The van der Waals surface area contributed by atoms with Gasteiger partial charge in [0.1, 0.15) is 11.5 Å². The van der Waals surface area contributed by atoms with Crippen LogP contribution in [0, 0.1) is 6.92 Å². The van der Waals surface area contributed by atoms with E-state index in [1.54, 1.807) is 0 Å². The van der Waals surface area contributed by atoms with Crippen molar-refractivity contribution in [3.63, 3.8) is 0 Å². The van der Waals surface area contributed by atoms with Gasteiger partial charge in [0, 0.05) is 6.54 Å². The summed E-state index contributed by atoms with van der Waals surface area (Å²) in [7, 11) is 0. The molecule has 0 radical (unpaired) electrons. The quantitative estimate of drug-likeness (QED) is 0.862. The number of hydrogen-bond donors (Lipinski definition) is 1. The lowest BCUT2D eigenvalue weighted by Crippen LogP contribution is -2.12. The molecule has 2 aromatic rings. The van der Waals surface area contributed by atoms with Crippen molar-refractivity contribution < 1.29 is 4.42 Å². The molecule has 0 spiro atoms. The SMILES string of the molecule is Cc1ccc(CNCc2ccc(C3CC3)cc2)o1. The first kappa shape index (κ1) is 11.5. The zero-order valence-electron chi connectivity index (χ0n) is 10.8. The Labute approximate surface area is 108 Å². The van der Waals surface area contributed by atoms with Gasteiger partial charge in [-0.25, -0.2) is 0 Å². The highest BCUT2D eigenvalue weighted by atomic mass is 16.3. The predicted molar refractivity (Wildman–Crippen MR) is 72.4 cm³/mol. The van der Waals surface area contributed by atoms with Gasteiger partial charge in [-0.05, 0) is 48.9 Å². The summed E-state index contributed by atoms with van der Waals surface area (Å²) < 4.78 is 5.52. The highest BCUT2D eigenvalue weighted by molar-refractivity contribution is 5.28. The Bertz CT molecular complexity index is 508. The molecule has 2 heteroatoms. The van der Waals surface area contributed by atoms with Crippen LogP contribution in [0.15, 0.2) is 40.8 Å². The lowest BCUT2D eigenvalue weighted by molar-refractivity contribution is 0.461. The molecule has 1 aliphatic carbocycles. The monoisotopic (exact) mass is 241 g/mol. The Morgan fingerprint density at radius 3 is 2.44 bits per heavy atom. The second-order valence-electron chi connectivity index (χ2n) is 5.13. The summed E-state index contributed by atoms with van der Waals surface area (Å²) in [5.41, 5.74) is 2.84. The van der Waals surface area contributed by atoms with Crippen molar-refractivity contribution in [3.8, 4) is 0 Å². The first-order chi connectivity index (χ1) is 8.81. The van der Waals surface area contributed by atoms with Gasteiger partial charge < -0.3 is 9.73 Å². The van der Waals surface area contributed by atoms with Gasteiger partial charge in [0.05, 0.1) is 6.54 Å². The first-order valence-electron chi connectivity index (χ1n) is 6.66. The summed E-state index contributed by atoms with van der Waals surface area (Å²) in [5.74, 6) is 2.82. The van der Waals surface area contributed by atoms with E-state index >= 15 is 0 Å².